The lowest BCUT2D eigenvalue weighted by Crippen LogP contribution is -2.24. The predicted octanol–water partition coefficient (Wildman–Crippen LogP) is 0.632. The van der Waals surface area contributed by atoms with Gasteiger partial charge >= 0.3 is 0 Å². The molecule has 2 atom stereocenters. The largest absolute Gasteiger partial charge is 0.393 e. The van der Waals surface area contributed by atoms with Gasteiger partial charge in [0.15, 0.2) is 0 Å². The minimum Gasteiger partial charge on any atom is -0.393 e. The summed E-state index contributed by atoms with van der Waals surface area (Å²) in [6, 6.07) is 0. The smallest absolute Gasteiger partial charge is 0.101 e. The molecule has 2 rings (SSSR count). The van der Waals surface area contributed by atoms with E-state index < -0.39 is 0 Å². The average Bonchev–Trinajstić information content (AvgIpc) is 2.51. The molecule has 0 bridgehead atoms. The predicted molar refractivity (Wildman–Crippen MR) is 47.1 cm³/mol. The van der Waals surface area contributed by atoms with Crippen molar-refractivity contribution >= 4 is 0 Å². The van der Waals surface area contributed by atoms with Gasteiger partial charge in [0.05, 0.1) is 24.3 Å². The SMILES string of the molecule is Cn1cncc1[C@H]1C[C@H](O)CCO1. The van der Waals surface area contributed by atoms with E-state index in [1.165, 1.54) is 0 Å². The van der Waals surface area contributed by atoms with Crippen LogP contribution in [0.3, 0.4) is 0 Å². The van der Waals surface area contributed by atoms with E-state index in [1.807, 2.05) is 11.6 Å². The highest BCUT2D eigenvalue weighted by Gasteiger charge is 2.23. The first-order chi connectivity index (χ1) is 6.27. The number of aryl methyl sites for hydroxylation is 1. The molecule has 2 heterocycles. The fraction of sp³-hybridized carbons (Fsp3) is 0.667. The Balaban J connectivity index is 2.12. The summed E-state index contributed by atoms with van der Waals surface area (Å²) in [4.78, 5) is 4.02. The van der Waals surface area contributed by atoms with E-state index in [0.29, 0.717) is 13.0 Å². The Labute approximate surface area is 77.2 Å². The molecule has 0 radical (unpaired) electrons. The maximum absolute atomic E-state index is 9.46. The second-order valence-corrected chi connectivity index (χ2v) is 3.47. The number of hydrogen-bond acceptors (Lipinski definition) is 3. The van der Waals surface area contributed by atoms with E-state index in [2.05, 4.69) is 4.98 Å². The van der Waals surface area contributed by atoms with Gasteiger partial charge in [0, 0.05) is 20.1 Å². The highest BCUT2D eigenvalue weighted by molar-refractivity contribution is 5.03. The Morgan fingerprint density at radius 2 is 2.54 bits per heavy atom. The lowest BCUT2D eigenvalue weighted by atomic mass is 10.0. The normalized spacial score (nSPS) is 29.1. The van der Waals surface area contributed by atoms with Crippen molar-refractivity contribution in [3.05, 3.63) is 18.2 Å². The molecular formula is C9H14N2O2. The molecule has 1 N–H and O–H groups in total. The molecule has 13 heavy (non-hydrogen) atoms. The Morgan fingerprint density at radius 1 is 1.69 bits per heavy atom. The third-order valence-electron chi connectivity index (χ3n) is 2.44. The highest BCUT2D eigenvalue weighted by atomic mass is 16.5. The first kappa shape index (κ1) is 8.72. The highest BCUT2D eigenvalue weighted by Crippen LogP contribution is 2.27. The van der Waals surface area contributed by atoms with Gasteiger partial charge < -0.3 is 14.4 Å². The number of ether oxygens (including phenoxy) is 1. The molecule has 1 aromatic rings. The summed E-state index contributed by atoms with van der Waals surface area (Å²) in [6.45, 7) is 0.636. The molecular weight excluding hydrogens is 168 g/mol. The van der Waals surface area contributed by atoms with Gasteiger partial charge in [-0.2, -0.15) is 0 Å². The van der Waals surface area contributed by atoms with E-state index in [0.717, 1.165) is 12.1 Å². The van der Waals surface area contributed by atoms with Gasteiger partial charge in [-0.15, -0.1) is 0 Å². The third-order valence-corrected chi connectivity index (χ3v) is 2.44. The number of imidazole rings is 1. The number of aromatic nitrogens is 2. The standard InChI is InChI=1S/C9H14N2O2/c1-11-6-10-5-8(11)9-4-7(12)2-3-13-9/h5-7,9,12H,2-4H2,1H3/t7-,9-/m1/s1. The summed E-state index contributed by atoms with van der Waals surface area (Å²) in [5.74, 6) is 0. The minimum absolute atomic E-state index is 0.0104. The van der Waals surface area contributed by atoms with Gasteiger partial charge in [-0.1, -0.05) is 0 Å². The molecule has 0 aromatic carbocycles. The number of aliphatic hydroxyl groups excluding tert-OH is 1. The molecule has 0 unspecified atom stereocenters. The molecule has 1 saturated heterocycles. The van der Waals surface area contributed by atoms with Crippen molar-refractivity contribution in [2.24, 2.45) is 7.05 Å². The molecule has 0 aliphatic carbocycles. The fourth-order valence-corrected chi connectivity index (χ4v) is 1.66. The Kier molecular flexibility index (Phi) is 2.33. The minimum atomic E-state index is -0.228. The van der Waals surface area contributed by atoms with Crippen molar-refractivity contribution in [1.29, 1.82) is 0 Å². The molecule has 1 aliphatic heterocycles. The van der Waals surface area contributed by atoms with E-state index in [1.54, 1.807) is 12.5 Å². The Hall–Kier alpha value is -0.870. The number of rotatable bonds is 1. The van der Waals surface area contributed by atoms with Crippen molar-refractivity contribution in [2.75, 3.05) is 6.61 Å². The lowest BCUT2D eigenvalue weighted by Gasteiger charge is -2.26. The van der Waals surface area contributed by atoms with Crippen LogP contribution in [0.4, 0.5) is 0 Å². The molecule has 1 aliphatic rings. The van der Waals surface area contributed by atoms with E-state index in [4.69, 9.17) is 4.74 Å². The van der Waals surface area contributed by atoms with Crippen LogP contribution in [-0.2, 0) is 11.8 Å². The van der Waals surface area contributed by atoms with Crippen molar-refractivity contribution in [1.82, 2.24) is 9.55 Å². The first-order valence-corrected chi connectivity index (χ1v) is 4.53. The maximum atomic E-state index is 9.46. The van der Waals surface area contributed by atoms with E-state index >= 15 is 0 Å². The summed E-state index contributed by atoms with van der Waals surface area (Å²) in [5.41, 5.74) is 1.04. The summed E-state index contributed by atoms with van der Waals surface area (Å²) in [5, 5.41) is 9.46. The van der Waals surface area contributed by atoms with Crippen molar-refractivity contribution in [3.63, 3.8) is 0 Å². The molecule has 4 nitrogen and oxygen atoms in total. The maximum Gasteiger partial charge on any atom is 0.101 e. The van der Waals surface area contributed by atoms with Gasteiger partial charge in [0.2, 0.25) is 0 Å². The summed E-state index contributed by atoms with van der Waals surface area (Å²) >= 11 is 0. The van der Waals surface area contributed by atoms with Crippen molar-refractivity contribution < 1.29 is 9.84 Å². The topological polar surface area (TPSA) is 47.3 Å². The number of hydrogen-bond donors (Lipinski definition) is 1. The second kappa shape index (κ2) is 3.47. The third kappa shape index (κ3) is 1.73. The zero-order valence-corrected chi connectivity index (χ0v) is 7.68. The molecule has 72 valence electrons. The monoisotopic (exact) mass is 182 g/mol. The van der Waals surface area contributed by atoms with Gasteiger partial charge in [-0.3, -0.25) is 0 Å². The van der Waals surface area contributed by atoms with Crippen LogP contribution in [0.2, 0.25) is 0 Å². The van der Waals surface area contributed by atoms with E-state index in [-0.39, 0.29) is 12.2 Å². The van der Waals surface area contributed by atoms with Crippen LogP contribution in [-0.4, -0.2) is 27.4 Å². The molecule has 0 amide bonds. The molecule has 0 spiro atoms. The number of nitrogens with zero attached hydrogens (tertiary/aromatic N) is 2. The zero-order valence-electron chi connectivity index (χ0n) is 7.68. The van der Waals surface area contributed by atoms with Crippen LogP contribution in [0.15, 0.2) is 12.5 Å². The Bertz CT molecular complexity index is 285. The van der Waals surface area contributed by atoms with Crippen LogP contribution < -0.4 is 0 Å². The van der Waals surface area contributed by atoms with Crippen molar-refractivity contribution in [2.45, 2.75) is 25.0 Å². The van der Waals surface area contributed by atoms with Crippen LogP contribution in [0.5, 0.6) is 0 Å². The van der Waals surface area contributed by atoms with Crippen LogP contribution >= 0.6 is 0 Å². The fourth-order valence-electron chi connectivity index (χ4n) is 1.66. The quantitative estimate of drug-likeness (QED) is 0.693. The Morgan fingerprint density at radius 3 is 3.15 bits per heavy atom. The average molecular weight is 182 g/mol. The molecule has 0 saturated carbocycles. The van der Waals surface area contributed by atoms with E-state index in [9.17, 15) is 5.11 Å². The summed E-state index contributed by atoms with van der Waals surface area (Å²) < 4.78 is 7.49. The van der Waals surface area contributed by atoms with Gasteiger partial charge in [-0.25, -0.2) is 4.98 Å². The van der Waals surface area contributed by atoms with Crippen LogP contribution in [0.25, 0.3) is 0 Å². The number of aliphatic hydroxyl groups is 1. The van der Waals surface area contributed by atoms with Crippen LogP contribution in [0, 0.1) is 0 Å². The van der Waals surface area contributed by atoms with Crippen LogP contribution in [0.1, 0.15) is 24.6 Å². The molecule has 1 fully saturated rings. The van der Waals surface area contributed by atoms with Gasteiger partial charge in [0.25, 0.3) is 0 Å². The van der Waals surface area contributed by atoms with Gasteiger partial charge in [-0.05, 0) is 6.42 Å². The molecule has 4 heteroatoms. The second-order valence-electron chi connectivity index (χ2n) is 3.47. The van der Waals surface area contributed by atoms with Crippen molar-refractivity contribution in [3.8, 4) is 0 Å². The summed E-state index contributed by atoms with van der Waals surface area (Å²) in [6.07, 6.45) is 4.75. The zero-order chi connectivity index (χ0) is 9.26. The molecule has 1 aromatic heterocycles. The van der Waals surface area contributed by atoms with Gasteiger partial charge in [0.1, 0.15) is 6.10 Å². The lowest BCUT2D eigenvalue weighted by molar-refractivity contribution is -0.0477. The summed E-state index contributed by atoms with van der Waals surface area (Å²) in [7, 11) is 1.94. The first-order valence-electron chi connectivity index (χ1n) is 4.53.